The number of nitrogens with one attached hydrogen (secondary N) is 1. The molecular weight excluding hydrogens is 478 g/mol. The third-order valence-electron chi connectivity index (χ3n) is 4.32. The zero-order chi connectivity index (χ0) is 22.9. The van der Waals surface area contributed by atoms with Crippen LogP contribution in [0.15, 0.2) is 75.8 Å². The maximum atomic E-state index is 13.5. The number of sulfone groups is 1. The van der Waals surface area contributed by atoms with Crippen LogP contribution in [0, 0.1) is 5.82 Å². The molecule has 0 radical (unpaired) electrons. The molecule has 0 amide bonds. The van der Waals surface area contributed by atoms with Gasteiger partial charge in [-0.2, -0.15) is 13.2 Å². The van der Waals surface area contributed by atoms with E-state index in [2.05, 4.69) is 0 Å². The van der Waals surface area contributed by atoms with Crippen LogP contribution in [0.5, 0.6) is 0 Å². The molecule has 1 heterocycles. The Morgan fingerprint density at radius 3 is 2.16 bits per heavy atom. The summed E-state index contributed by atoms with van der Waals surface area (Å²) in [4.78, 5) is -0.515. The highest BCUT2D eigenvalue weighted by atomic mass is 32.2. The summed E-state index contributed by atoms with van der Waals surface area (Å²) in [7, 11) is -8.59. The van der Waals surface area contributed by atoms with Gasteiger partial charge in [-0.1, -0.05) is 24.3 Å². The van der Waals surface area contributed by atoms with Gasteiger partial charge >= 0.3 is 6.18 Å². The molecule has 0 bridgehead atoms. The van der Waals surface area contributed by atoms with Crippen molar-refractivity contribution in [2.45, 2.75) is 21.2 Å². The maximum absolute atomic E-state index is 13.5. The molecule has 1 N–H and O–H groups in total. The molecule has 3 aromatic rings. The summed E-state index contributed by atoms with van der Waals surface area (Å²) in [5.41, 5.74) is -1.73. The third kappa shape index (κ3) is 5.14. The second kappa shape index (κ2) is 8.69. The third-order valence-corrected chi connectivity index (χ3v) is 8.97. The fourth-order valence-electron chi connectivity index (χ4n) is 2.77. The Balaban J connectivity index is 1.94. The van der Waals surface area contributed by atoms with Crippen molar-refractivity contribution < 1.29 is 34.4 Å². The first-order chi connectivity index (χ1) is 14.4. The number of thiophene rings is 1. The van der Waals surface area contributed by atoms with Gasteiger partial charge in [0, 0.05) is 11.4 Å². The van der Waals surface area contributed by atoms with Crippen molar-refractivity contribution in [1.82, 2.24) is 4.72 Å². The topological polar surface area (TPSA) is 80.3 Å². The molecule has 0 saturated carbocycles. The first kappa shape index (κ1) is 23.4. The molecule has 5 nitrogen and oxygen atoms in total. The number of alkyl halides is 3. The average molecular weight is 494 g/mol. The van der Waals surface area contributed by atoms with Gasteiger partial charge in [-0.3, -0.25) is 0 Å². The molecule has 0 aliphatic rings. The van der Waals surface area contributed by atoms with Crippen molar-refractivity contribution in [2.24, 2.45) is 0 Å². The Bertz CT molecular complexity index is 1260. The van der Waals surface area contributed by atoms with Gasteiger partial charge in [0.1, 0.15) is 11.1 Å². The van der Waals surface area contributed by atoms with Gasteiger partial charge in [-0.05, 0) is 41.8 Å². The van der Waals surface area contributed by atoms with Crippen molar-refractivity contribution in [3.8, 4) is 0 Å². The quantitative estimate of drug-likeness (QED) is 0.495. The zero-order valence-electron chi connectivity index (χ0n) is 15.5. The number of sulfonamides is 1. The Morgan fingerprint density at radius 2 is 1.58 bits per heavy atom. The van der Waals surface area contributed by atoms with E-state index in [1.54, 1.807) is 17.5 Å². The second-order valence-electron chi connectivity index (χ2n) is 6.35. The van der Waals surface area contributed by atoms with Crippen LogP contribution in [0.2, 0.25) is 0 Å². The molecule has 1 atom stereocenters. The highest BCUT2D eigenvalue weighted by molar-refractivity contribution is 7.92. The van der Waals surface area contributed by atoms with Crippen LogP contribution in [-0.2, 0) is 26.0 Å². The van der Waals surface area contributed by atoms with E-state index < -0.39 is 54.1 Å². The van der Waals surface area contributed by atoms with Crippen molar-refractivity contribution in [1.29, 1.82) is 0 Å². The summed E-state index contributed by atoms with van der Waals surface area (Å²) in [6.45, 7) is -0.626. The molecule has 0 aliphatic heterocycles. The fourth-order valence-corrected chi connectivity index (χ4v) is 6.75. The predicted molar refractivity (Wildman–Crippen MR) is 107 cm³/mol. The van der Waals surface area contributed by atoms with E-state index in [0.717, 1.165) is 11.3 Å². The van der Waals surface area contributed by atoms with E-state index >= 15 is 0 Å². The number of rotatable bonds is 7. The molecule has 0 saturated heterocycles. The van der Waals surface area contributed by atoms with Crippen LogP contribution >= 0.6 is 11.3 Å². The Hall–Kier alpha value is -2.28. The van der Waals surface area contributed by atoms with Crippen molar-refractivity contribution in [2.75, 3.05) is 6.54 Å². The molecule has 2 aromatic carbocycles. The van der Waals surface area contributed by atoms with Crippen LogP contribution in [-0.4, -0.2) is 23.4 Å². The van der Waals surface area contributed by atoms with Crippen LogP contribution in [0.3, 0.4) is 0 Å². The summed E-state index contributed by atoms with van der Waals surface area (Å²) in [6.07, 6.45) is -5.09. The standard InChI is InChI=1S/C19H15F4NO4S3/c20-16-9-8-14(11-15(16)19(21,22)23)31(27,28)24-12-18(17-7-4-10-29-17)30(25,26)13-5-2-1-3-6-13/h1-11,18,24H,12H2/t18-/m1/s1. The van der Waals surface area contributed by atoms with Gasteiger partial charge in [0.2, 0.25) is 10.0 Å². The first-order valence-electron chi connectivity index (χ1n) is 8.62. The average Bonchev–Trinajstić information content (AvgIpc) is 3.22. The van der Waals surface area contributed by atoms with Crippen LogP contribution in [0.1, 0.15) is 15.7 Å². The van der Waals surface area contributed by atoms with E-state index in [1.807, 2.05) is 4.72 Å². The lowest BCUT2D eigenvalue weighted by Gasteiger charge is -2.18. The van der Waals surface area contributed by atoms with E-state index in [9.17, 15) is 34.4 Å². The zero-order valence-corrected chi connectivity index (χ0v) is 18.0. The Kier molecular flexibility index (Phi) is 6.56. The van der Waals surface area contributed by atoms with Crippen LogP contribution in [0.4, 0.5) is 17.6 Å². The van der Waals surface area contributed by atoms with Gasteiger partial charge in [0.05, 0.1) is 15.4 Å². The molecule has 0 spiro atoms. The van der Waals surface area contributed by atoms with Crippen molar-refractivity contribution in [3.63, 3.8) is 0 Å². The molecule has 12 heteroatoms. The van der Waals surface area contributed by atoms with Gasteiger partial charge in [0.25, 0.3) is 0 Å². The molecule has 1 aromatic heterocycles. The molecule has 0 unspecified atom stereocenters. The summed E-state index contributed by atoms with van der Waals surface area (Å²) in [6, 6.07) is 11.7. The second-order valence-corrected chi connectivity index (χ2v) is 11.2. The molecule has 3 rings (SSSR count). The summed E-state index contributed by atoms with van der Waals surface area (Å²) >= 11 is 1.09. The number of hydrogen-bond acceptors (Lipinski definition) is 5. The smallest absolute Gasteiger partial charge is 0.223 e. The highest BCUT2D eigenvalue weighted by Crippen LogP contribution is 2.34. The Morgan fingerprint density at radius 1 is 0.903 bits per heavy atom. The predicted octanol–water partition coefficient (Wildman–Crippen LogP) is 4.40. The molecule has 0 aliphatic carbocycles. The SMILES string of the molecule is O=S(=O)(NC[C@H](c1cccs1)S(=O)(=O)c1ccccc1)c1ccc(F)c(C(F)(F)F)c1. The van der Waals surface area contributed by atoms with E-state index in [4.69, 9.17) is 0 Å². The summed E-state index contributed by atoms with van der Waals surface area (Å²) < 4.78 is 106. The minimum absolute atomic E-state index is 0.0336. The summed E-state index contributed by atoms with van der Waals surface area (Å²) in [5, 5.41) is 0.305. The minimum atomic E-state index is -5.09. The van der Waals surface area contributed by atoms with Gasteiger partial charge < -0.3 is 0 Å². The minimum Gasteiger partial charge on any atom is -0.223 e. The molecule has 0 fully saturated rings. The fraction of sp³-hybridized carbons (Fsp3) is 0.158. The number of benzene rings is 2. The lowest BCUT2D eigenvalue weighted by atomic mass is 10.2. The van der Waals surface area contributed by atoms with E-state index in [-0.39, 0.29) is 11.0 Å². The molecule has 166 valence electrons. The van der Waals surface area contributed by atoms with Crippen LogP contribution < -0.4 is 4.72 Å². The summed E-state index contributed by atoms with van der Waals surface area (Å²) in [5.74, 6) is -1.62. The largest absolute Gasteiger partial charge is 0.419 e. The van der Waals surface area contributed by atoms with Crippen molar-refractivity contribution in [3.05, 3.63) is 82.3 Å². The maximum Gasteiger partial charge on any atom is 0.419 e. The molecule has 31 heavy (non-hydrogen) atoms. The first-order valence-corrected chi connectivity index (χ1v) is 12.5. The highest BCUT2D eigenvalue weighted by Gasteiger charge is 2.36. The van der Waals surface area contributed by atoms with Crippen LogP contribution in [0.25, 0.3) is 0 Å². The van der Waals surface area contributed by atoms with Gasteiger partial charge in [-0.25, -0.2) is 25.9 Å². The number of halogens is 4. The normalized spacial score (nSPS) is 13.8. The lowest BCUT2D eigenvalue weighted by molar-refractivity contribution is -0.140. The number of hydrogen-bond donors (Lipinski definition) is 1. The Labute approximate surface area is 180 Å². The monoisotopic (exact) mass is 493 g/mol. The van der Waals surface area contributed by atoms with Crippen molar-refractivity contribution >= 4 is 31.2 Å². The molecular formula is C19H15F4NO4S3. The van der Waals surface area contributed by atoms with E-state index in [0.29, 0.717) is 17.0 Å². The lowest BCUT2D eigenvalue weighted by Crippen LogP contribution is -2.32. The van der Waals surface area contributed by atoms with Gasteiger partial charge in [-0.15, -0.1) is 11.3 Å². The van der Waals surface area contributed by atoms with E-state index in [1.165, 1.54) is 30.3 Å². The van der Waals surface area contributed by atoms with Gasteiger partial charge in [0.15, 0.2) is 9.84 Å².